The predicted molar refractivity (Wildman–Crippen MR) is 74.2 cm³/mol. The van der Waals surface area contributed by atoms with Gasteiger partial charge in [-0.15, -0.1) is 6.58 Å². The Morgan fingerprint density at radius 2 is 1.94 bits per heavy atom. The van der Waals surface area contributed by atoms with Gasteiger partial charge < -0.3 is 5.11 Å². The van der Waals surface area contributed by atoms with Crippen molar-refractivity contribution in [1.29, 1.82) is 0 Å². The lowest BCUT2D eigenvalue weighted by Crippen LogP contribution is -1.98. The molecular weight excluding hydrogens is 208 g/mol. The van der Waals surface area contributed by atoms with Crippen molar-refractivity contribution in [2.45, 2.75) is 52.1 Å². The molecule has 0 aliphatic carbocycles. The Bertz CT molecular complexity index is 355. The zero-order valence-electron chi connectivity index (χ0n) is 11.1. The maximum Gasteiger partial charge on any atom is 0.0790 e. The minimum atomic E-state index is -0.307. The first-order chi connectivity index (χ1) is 8.15. The van der Waals surface area contributed by atoms with Gasteiger partial charge in [-0.1, -0.05) is 37.1 Å². The smallest absolute Gasteiger partial charge is 0.0790 e. The molecule has 1 heteroatoms. The second-order valence-electron chi connectivity index (χ2n) is 4.79. The van der Waals surface area contributed by atoms with Gasteiger partial charge in [0.15, 0.2) is 0 Å². The quantitative estimate of drug-likeness (QED) is 0.543. The van der Waals surface area contributed by atoms with Crippen molar-refractivity contribution in [3.63, 3.8) is 0 Å². The highest BCUT2D eigenvalue weighted by Crippen LogP contribution is 2.22. The van der Waals surface area contributed by atoms with Crippen LogP contribution < -0.4 is 0 Å². The third-order valence-corrected chi connectivity index (χ3v) is 3.30. The number of benzene rings is 1. The van der Waals surface area contributed by atoms with Crippen molar-refractivity contribution in [3.8, 4) is 0 Å². The van der Waals surface area contributed by atoms with Gasteiger partial charge in [0.2, 0.25) is 0 Å². The van der Waals surface area contributed by atoms with Crippen LogP contribution in [0.1, 0.15) is 54.9 Å². The second-order valence-corrected chi connectivity index (χ2v) is 4.79. The van der Waals surface area contributed by atoms with E-state index in [1.807, 2.05) is 12.1 Å². The van der Waals surface area contributed by atoms with Crippen LogP contribution in [0.15, 0.2) is 30.9 Å². The molecular formula is C16H24O. The lowest BCUT2D eigenvalue weighted by molar-refractivity contribution is 0.163. The molecule has 1 atom stereocenters. The SMILES string of the molecule is C=CCCCCCC(O)c1ccc(C)c(C)c1. The largest absolute Gasteiger partial charge is 0.388 e. The maximum atomic E-state index is 10.1. The molecule has 1 N–H and O–H groups in total. The molecule has 0 saturated carbocycles. The second kappa shape index (κ2) is 7.29. The van der Waals surface area contributed by atoms with Crippen LogP contribution in [0.5, 0.6) is 0 Å². The molecule has 1 nitrogen and oxygen atoms in total. The third kappa shape index (κ3) is 4.74. The van der Waals surface area contributed by atoms with Gasteiger partial charge in [0.05, 0.1) is 6.10 Å². The van der Waals surface area contributed by atoms with Crippen LogP contribution in [0.2, 0.25) is 0 Å². The molecule has 0 saturated heterocycles. The van der Waals surface area contributed by atoms with Crippen LogP contribution in [0.4, 0.5) is 0 Å². The molecule has 1 aromatic carbocycles. The van der Waals surface area contributed by atoms with E-state index in [2.05, 4.69) is 32.6 Å². The number of hydrogen-bond donors (Lipinski definition) is 1. The average Bonchev–Trinajstić information content (AvgIpc) is 2.32. The Labute approximate surface area is 105 Å². The molecule has 0 aliphatic heterocycles. The Hall–Kier alpha value is -1.08. The maximum absolute atomic E-state index is 10.1. The Balaban J connectivity index is 2.38. The van der Waals surface area contributed by atoms with Gasteiger partial charge in [-0.05, 0) is 49.8 Å². The highest BCUT2D eigenvalue weighted by Gasteiger charge is 2.07. The molecule has 0 radical (unpaired) electrons. The summed E-state index contributed by atoms with van der Waals surface area (Å²) >= 11 is 0. The van der Waals surface area contributed by atoms with Crippen LogP contribution in [-0.4, -0.2) is 5.11 Å². The monoisotopic (exact) mass is 232 g/mol. The highest BCUT2D eigenvalue weighted by molar-refractivity contribution is 5.30. The Morgan fingerprint density at radius 1 is 1.18 bits per heavy atom. The van der Waals surface area contributed by atoms with Crippen LogP contribution in [0.25, 0.3) is 0 Å². The van der Waals surface area contributed by atoms with Crippen molar-refractivity contribution < 1.29 is 5.11 Å². The lowest BCUT2D eigenvalue weighted by Gasteiger charge is -2.12. The zero-order chi connectivity index (χ0) is 12.7. The van der Waals surface area contributed by atoms with Crippen LogP contribution in [0, 0.1) is 13.8 Å². The minimum absolute atomic E-state index is 0.307. The fourth-order valence-electron chi connectivity index (χ4n) is 1.94. The van der Waals surface area contributed by atoms with E-state index in [4.69, 9.17) is 0 Å². The summed E-state index contributed by atoms with van der Waals surface area (Å²) in [7, 11) is 0. The van der Waals surface area contributed by atoms with Crippen LogP contribution in [-0.2, 0) is 0 Å². The van der Waals surface area contributed by atoms with Gasteiger partial charge in [-0.25, -0.2) is 0 Å². The number of aliphatic hydroxyl groups is 1. The Kier molecular flexibility index (Phi) is 5.99. The lowest BCUT2D eigenvalue weighted by atomic mass is 9.99. The van der Waals surface area contributed by atoms with E-state index in [9.17, 15) is 5.11 Å². The number of aryl methyl sites for hydroxylation is 2. The van der Waals surface area contributed by atoms with E-state index >= 15 is 0 Å². The van der Waals surface area contributed by atoms with E-state index in [1.54, 1.807) is 0 Å². The molecule has 0 amide bonds. The van der Waals surface area contributed by atoms with Crippen molar-refractivity contribution in [3.05, 3.63) is 47.5 Å². The molecule has 94 valence electrons. The highest BCUT2D eigenvalue weighted by atomic mass is 16.3. The number of aliphatic hydroxyl groups excluding tert-OH is 1. The van der Waals surface area contributed by atoms with Gasteiger partial charge in [0.25, 0.3) is 0 Å². The molecule has 1 aromatic rings. The van der Waals surface area contributed by atoms with E-state index in [1.165, 1.54) is 24.0 Å². The standard InChI is InChI=1S/C16H24O/c1-4-5-6-7-8-9-16(17)15-11-10-13(2)14(3)12-15/h4,10-12,16-17H,1,5-9H2,2-3H3. The molecule has 0 heterocycles. The molecule has 0 aromatic heterocycles. The summed E-state index contributed by atoms with van der Waals surface area (Å²) in [6.45, 7) is 7.90. The average molecular weight is 232 g/mol. The molecule has 0 aliphatic rings. The van der Waals surface area contributed by atoms with Crippen molar-refractivity contribution >= 4 is 0 Å². The first-order valence-electron chi connectivity index (χ1n) is 6.51. The van der Waals surface area contributed by atoms with Gasteiger partial charge in [-0.2, -0.15) is 0 Å². The van der Waals surface area contributed by atoms with Gasteiger partial charge in [0, 0.05) is 0 Å². The number of unbranched alkanes of at least 4 members (excludes halogenated alkanes) is 3. The van der Waals surface area contributed by atoms with Gasteiger partial charge >= 0.3 is 0 Å². The van der Waals surface area contributed by atoms with Crippen molar-refractivity contribution in [2.24, 2.45) is 0 Å². The van der Waals surface area contributed by atoms with Gasteiger partial charge in [-0.3, -0.25) is 0 Å². The first kappa shape index (κ1) is 14.0. The first-order valence-corrected chi connectivity index (χ1v) is 6.51. The number of rotatable bonds is 7. The summed E-state index contributed by atoms with van der Waals surface area (Å²) in [6, 6.07) is 6.23. The fraction of sp³-hybridized carbons (Fsp3) is 0.500. The summed E-state index contributed by atoms with van der Waals surface area (Å²) in [5.41, 5.74) is 3.59. The molecule has 0 spiro atoms. The van der Waals surface area contributed by atoms with E-state index in [0.717, 1.165) is 24.8 Å². The molecule has 17 heavy (non-hydrogen) atoms. The van der Waals surface area contributed by atoms with Crippen LogP contribution in [0.3, 0.4) is 0 Å². The molecule has 0 fully saturated rings. The fourth-order valence-corrected chi connectivity index (χ4v) is 1.94. The summed E-state index contributed by atoms with van der Waals surface area (Å²) < 4.78 is 0. The third-order valence-electron chi connectivity index (χ3n) is 3.30. The predicted octanol–water partition coefficient (Wildman–Crippen LogP) is 4.47. The summed E-state index contributed by atoms with van der Waals surface area (Å²) in [5.74, 6) is 0. The van der Waals surface area contributed by atoms with E-state index in [0.29, 0.717) is 0 Å². The van der Waals surface area contributed by atoms with Crippen molar-refractivity contribution in [2.75, 3.05) is 0 Å². The van der Waals surface area contributed by atoms with Crippen LogP contribution >= 0.6 is 0 Å². The Morgan fingerprint density at radius 3 is 2.59 bits per heavy atom. The van der Waals surface area contributed by atoms with E-state index < -0.39 is 0 Å². The van der Waals surface area contributed by atoms with Crippen molar-refractivity contribution in [1.82, 2.24) is 0 Å². The zero-order valence-corrected chi connectivity index (χ0v) is 11.1. The van der Waals surface area contributed by atoms with Gasteiger partial charge in [0.1, 0.15) is 0 Å². The number of allylic oxidation sites excluding steroid dienone is 1. The summed E-state index contributed by atoms with van der Waals surface area (Å²) in [6.07, 6.45) is 7.04. The van der Waals surface area contributed by atoms with E-state index in [-0.39, 0.29) is 6.10 Å². The topological polar surface area (TPSA) is 20.2 Å². The molecule has 0 bridgehead atoms. The minimum Gasteiger partial charge on any atom is -0.388 e. The normalized spacial score (nSPS) is 12.4. The molecule has 1 rings (SSSR count). The summed E-state index contributed by atoms with van der Waals surface area (Å²) in [5, 5.41) is 10.1. The number of hydrogen-bond acceptors (Lipinski definition) is 1. The molecule has 1 unspecified atom stereocenters. The summed E-state index contributed by atoms with van der Waals surface area (Å²) in [4.78, 5) is 0.